The second-order valence-electron chi connectivity index (χ2n) is 3.72. The highest BCUT2D eigenvalue weighted by Gasteiger charge is 2.05. The SMILES string of the molecule is C=COCCCNC(=O)c1ccc(N)c(C)c1. The van der Waals surface area contributed by atoms with Crippen LogP contribution in [0.1, 0.15) is 22.3 Å². The van der Waals surface area contributed by atoms with Crippen molar-refractivity contribution in [1.29, 1.82) is 0 Å². The third-order valence-corrected chi connectivity index (χ3v) is 2.37. The molecule has 4 nitrogen and oxygen atoms in total. The largest absolute Gasteiger partial charge is 0.502 e. The summed E-state index contributed by atoms with van der Waals surface area (Å²) in [6.45, 7) is 6.46. The number of carbonyl (C=O) groups is 1. The molecule has 3 N–H and O–H groups in total. The molecule has 0 aromatic heterocycles. The number of benzene rings is 1. The maximum atomic E-state index is 11.7. The zero-order chi connectivity index (χ0) is 12.7. The Labute approximate surface area is 101 Å². The topological polar surface area (TPSA) is 64.3 Å². The first-order valence-corrected chi connectivity index (χ1v) is 5.52. The van der Waals surface area contributed by atoms with Gasteiger partial charge in [-0.3, -0.25) is 4.79 Å². The summed E-state index contributed by atoms with van der Waals surface area (Å²) in [5, 5.41) is 2.81. The Kier molecular flexibility index (Phi) is 5.07. The van der Waals surface area contributed by atoms with Gasteiger partial charge >= 0.3 is 0 Å². The van der Waals surface area contributed by atoms with Crippen molar-refractivity contribution in [2.75, 3.05) is 18.9 Å². The van der Waals surface area contributed by atoms with E-state index in [-0.39, 0.29) is 5.91 Å². The quantitative estimate of drug-likeness (QED) is 0.448. The molecular weight excluding hydrogens is 216 g/mol. The fourth-order valence-electron chi connectivity index (χ4n) is 1.36. The van der Waals surface area contributed by atoms with E-state index < -0.39 is 0 Å². The summed E-state index contributed by atoms with van der Waals surface area (Å²) in [6.07, 6.45) is 2.15. The van der Waals surface area contributed by atoms with Gasteiger partial charge in [-0.1, -0.05) is 6.58 Å². The first-order chi connectivity index (χ1) is 8.15. The summed E-state index contributed by atoms with van der Waals surface area (Å²) in [5.74, 6) is -0.0910. The van der Waals surface area contributed by atoms with Gasteiger partial charge in [-0.15, -0.1) is 0 Å². The fraction of sp³-hybridized carbons (Fsp3) is 0.308. The Bertz CT molecular complexity index is 402. The number of anilines is 1. The van der Waals surface area contributed by atoms with Crippen molar-refractivity contribution in [3.8, 4) is 0 Å². The zero-order valence-electron chi connectivity index (χ0n) is 10.0. The van der Waals surface area contributed by atoms with Crippen LogP contribution in [0.3, 0.4) is 0 Å². The maximum Gasteiger partial charge on any atom is 0.251 e. The number of nitrogen functional groups attached to an aromatic ring is 1. The third kappa shape index (κ3) is 4.18. The van der Waals surface area contributed by atoms with Crippen molar-refractivity contribution in [1.82, 2.24) is 5.32 Å². The first-order valence-electron chi connectivity index (χ1n) is 5.52. The van der Waals surface area contributed by atoms with Crippen molar-refractivity contribution in [2.24, 2.45) is 0 Å². The van der Waals surface area contributed by atoms with Crippen molar-refractivity contribution in [3.05, 3.63) is 42.2 Å². The van der Waals surface area contributed by atoms with E-state index >= 15 is 0 Å². The summed E-state index contributed by atoms with van der Waals surface area (Å²) in [4.78, 5) is 11.7. The van der Waals surface area contributed by atoms with Gasteiger partial charge in [-0.2, -0.15) is 0 Å². The first kappa shape index (κ1) is 13.1. The molecule has 0 atom stereocenters. The molecule has 0 aliphatic heterocycles. The van der Waals surface area contributed by atoms with E-state index in [0.717, 1.165) is 12.0 Å². The van der Waals surface area contributed by atoms with Crippen molar-refractivity contribution in [3.63, 3.8) is 0 Å². The lowest BCUT2D eigenvalue weighted by Gasteiger charge is -2.07. The van der Waals surface area contributed by atoms with Crippen LogP contribution < -0.4 is 11.1 Å². The highest BCUT2D eigenvalue weighted by atomic mass is 16.5. The molecule has 0 radical (unpaired) electrons. The Morgan fingerprint density at radius 1 is 1.59 bits per heavy atom. The van der Waals surface area contributed by atoms with Crippen LogP contribution in [0.25, 0.3) is 0 Å². The summed E-state index contributed by atoms with van der Waals surface area (Å²) in [7, 11) is 0. The Morgan fingerprint density at radius 3 is 3.00 bits per heavy atom. The minimum Gasteiger partial charge on any atom is -0.502 e. The smallest absolute Gasteiger partial charge is 0.251 e. The number of amides is 1. The Morgan fingerprint density at radius 2 is 2.35 bits per heavy atom. The number of nitrogens with one attached hydrogen (secondary N) is 1. The molecule has 1 aromatic carbocycles. The van der Waals surface area contributed by atoms with Gasteiger partial charge in [0.15, 0.2) is 0 Å². The van der Waals surface area contributed by atoms with E-state index in [4.69, 9.17) is 10.5 Å². The van der Waals surface area contributed by atoms with Gasteiger partial charge in [-0.05, 0) is 37.1 Å². The highest BCUT2D eigenvalue weighted by Crippen LogP contribution is 2.12. The van der Waals surface area contributed by atoms with Gasteiger partial charge in [-0.25, -0.2) is 0 Å². The molecule has 0 saturated carbocycles. The van der Waals surface area contributed by atoms with Gasteiger partial charge in [0.25, 0.3) is 5.91 Å². The van der Waals surface area contributed by atoms with Crippen molar-refractivity contribution < 1.29 is 9.53 Å². The number of ether oxygens (including phenoxy) is 1. The van der Waals surface area contributed by atoms with Gasteiger partial charge in [0, 0.05) is 17.8 Å². The lowest BCUT2D eigenvalue weighted by atomic mass is 10.1. The van der Waals surface area contributed by atoms with Crippen LogP contribution in [-0.4, -0.2) is 19.1 Å². The molecule has 0 spiro atoms. The monoisotopic (exact) mass is 234 g/mol. The maximum absolute atomic E-state index is 11.7. The summed E-state index contributed by atoms with van der Waals surface area (Å²) >= 11 is 0. The van der Waals surface area contributed by atoms with Crippen LogP contribution in [0.5, 0.6) is 0 Å². The molecule has 1 rings (SSSR count). The summed E-state index contributed by atoms with van der Waals surface area (Å²) < 4.78 is 4.95. The van der Waals surface area contributed by atoms with Gasteiger partial charge in [0.05, 0.1) is 12.9 Å². The van der Waals surface area contributed by atoms with Crippen LogP contribution in [0, 0.1) is 6.92 Å². The van der Waals surface area contributed by atoms with E-state index in [9.17, 15) is 4.79 Å². The molecule has 0 saturated heterocycles. The molecule has 0 aliphatic rings. The molecular formula is C13H18N2O2. The summed E-state index contributed by atoms with van der Waals surface area (Å²) in [5.41, 5.74) is 7.92. The van der Waals surface area contributed by atoms with Gasteiger partial charge in [0.2, 0.25) is 0 Å². The number of hydrogen-bond acceptors (Lipinski definition) is 3. The molecule has 17 heavy (non-hydrogen) atoms. The summed E-state index contributed by atoms with van der Waals surface area (Å²) in [6, 6.07) is 5.24. The zero-order valence-corrected chi connectivity index (χ0v) is 10.0. The van der Waals surface area contributed by atoms with Crippen LogP contribution in [0.15, 0.2) is 31.0 Å². The molecule has 0 unspecified atom stereocenters. The molecule has 0 fully saturated rings. The van der Waals surface area contributed by atoms with Gasteiger partial charge in [0.1, 0.15) is 0 Å². The molecule has 92 valence electrons. The fourth-order valence-corrected chi connectivity index (χ4v) is 1.36. The number of nitrogens with two attached hydrogens (primary N) is 1. The highest BCUT2D eigenvalue weighted by molar-refractivity contribution is 5.94. The molecule has 4 heteroatoms. The van der Waals surface area contributed by atoms with Crippen LogP contribution in [0.2, 0.25) is 0 Å². The third-order valence-electron chi connectivity index (χ3n) is 2.37. The number of rotatable bonds is 6. The predicted molar refractivity (Wildman–Crippen MR) is 68.7 cm³/mol. The number of hydrogen-bond donors (Lipinski definition) is 2. The average Bonchev–Trinajstić information content (AvgIpc) is 2.32. The van der Waals surface area contributed by atoms with Gasteiger partial charge < -0.3 is 15.8 Å². The van der Waals surface area contributed by atoms with E-state index in [0.29, 0.717) is 24.4 Å². The van der Waals surface area contributed by atoms with Crippen LogP contribution >= 0.6 is 0 Å². The van der Waals surface area contributed by atoms with Crippen LogP contribution in [0.4, 0.5) is 5.69 Å². The predicted octanol–water partition coefficient (Wildman–Crippen LogP) is 1.86. The standard InChI is InChI=1S/C13H18N2O2/c1-3-17-8-4-7-15-13(16)11-5-6-12(14)10(2)9-11/h3,5-6,9H,1,4,7-8,14H2,2H3,(H,15,16). The molecule has 0 bridgehead atoms. The van der Waals surface area contributed by atoms with E-state index in [1.165, 1.54) is 6.26 Å². The van der Waals surface area contributed by atoms with Crippen molar-refractivity contribution >= 4 is 11.6 Å². The molecule has 0 aliphatic carbocycles. The lowest BCUT2D eigenvalue weighted by Crippen LogP contribution is -2.25. The van der Waals surface area contributed by atoms with Crippen molar-refractivity contribution in [2.45, 2.75) is 13.3 Å². The molecule has 1 amide bonds. The average molecular weight is 234 g/mol. The second-order valence-corrected chi connectivity index (χ2v) is 3.72. The lowest BCUT2D eigenvalue weighted by molar-refractivity contribution is 0.0950. The molecule has 1 aromatic rings. The Balaban J connectivity index is 2.41. The van der Waals surface area contributed by atoms with Crippen LogP contribution in [-0.2, 0) is 4.74 Å². The normalized spacial score (nSPS) is 9.71. The van der Waals surface area contributed by atoms with E-state index in [1.54, 1.807) is 18.2 Å². The minimum absolute atomic E-state index is 0.0910. The second kappa shape index (κ2) is 6.58. The number of aryl methyl sites for hydroxylation is 1. The van der Waals surface area contributed by atoms with E-state index in [2.05, 4.69) is 11.9 Å². The Hall–Kier alpha value is -1.97. The number of carbonyl (C=O) groups excluding carboxylic acids is 1. The van der Waals surface area contributed by atoms with E-state index in [1.807, 2.05) is 6.92 Å². The molecule has 0 heterocycles. The minimum atomic E-state index is -0.0910.